The predicted molar refractivity (Wildman–Crippen MR) is 115 cm³/mol. The van der Waals surface area contributed by atoms with E-state index < -0.39 is 0 Å². The molecule has 7 heteroatoms. The molecule has 0 spiro atoms. The van der Waals surface area contributed by atoms with Crippen LogP contribution in [0, 0.1) is 12.8 Å². The summed E-state index contributed by atoms with van der Waals surface area (Å²) in [6.07, 6.45) is 1.64. The fraction of sp³-hybridized carbons (Fsp3) is 0.318. The molecule has 29 heavy (non-hydrogen) atoms. The van der Waals surface area contributed by atoms with Gasteiger partial charge in [0.2, 0.25) is 17.6 Å². The van der Waals surface area contributed by atoms with Crippen LogP contribution in [-0.4, -0.2) is 34.0 Å². The van der Waals surface area contributed by atoms with E-state index in [-0.39, 0.29) is 11.8 Å². The summed E-state index contributed by atoms with van der Waals surface area (Å²) in [4.78, 5) is 19.3. The number of nitrogens with zero attached hydrogens (tertiary/aromatic N) is 3. The first kappa shape index (κ1) is 19.8. The van der Waals surface area contributed by atoms with Gasteiger partial charge in [-0.3, -0.25) is 9.69 Å². The molecule has 4 rings (SSSR count). The van der Waals surface area contributed by atoms with Crippen LogP contribution in [0.4, 0.5) is 5.69 Å². The molecular formula is C22H23BrN4O2. The van der Waals surface area contributed by atoms with Gasteiger partial charge in [0.15, 0.2) is 0 Å². The second-order valence-electron chi connectivity index (χ2n) is 7.43. The number of anilines is 1. The van der Waals surface area contributed by atoms with Gasteiger partial charge in [-0.25, -0.2) is 0 Å². The molecular weight excluding hydrogens is 432 g/mol. The molecule has 0 radical (unpaired) electrons. The van der Waals surface area contributed by atoms with Crippen molar-refractivity contribution < 1.29 is 9.32 Å². The maximum absolute atomic E-state index is 12.5. The number of halogens is 1. The minimum Gasteiger partial charge on any atom is -0.338 e. The molecule has 6 nitrogen and oxygen atoms in total. The topological polar surface area (TPSA) is 71.3 Å². The van der Waals surface area contributed by atoms with Crippen molar-refractivity contribution in [2.45, 2.75) is 26.3 Å². The average molecular weight is 455 g/mol. The molecule has 1 amide bonds. The minimum atomic E-state index is 0.0282. The molecule has 2 aromatic carbocycles. The monoisotopic (exact) mass is 454 g/mol. The molecule has 0 atom stereocenters. The van der Waals surface area contributed by atoms with E-state index in [0.717, 1.165) is 47.2 Å². The lowest BCUT2D eigenvalue weighted by Gasteiger charge is -2.30. The second-order valence-corrected chi connectivity index (χ2v) is 8.34. The fourth-order valence-electron chi connectivity index (χ4n) is 3.54. The number of hydrogen-bond acceptors (Lipinski definition) is 5. The molecule has 1 fully saturated rings. The van der Waals surface area contributed by atoms with Gasteiger partial charge in [0.25, 0.3) is 0 Å². The van der Waals surface area contributed by atoms with Crippen molar-refractivity contribution in [2.24, 2.45) is 5.92 Å². The third-order valence-electron chi connectivity index (χ3n) is 5.17. The predicted octanol–water partition coefficient (Wildman–Crippen LogP) is 4.66. The summed E-state index contributed by atoms with van der Waals surface area (Å²) >= 11 is 3.40. The number of nitrogens with one attached hydrogen (secondary N) is 1. The van der Waals surface area contributed by atoms with Crippen molar-refractivity contribution in [3.63, 3.8) is 0 Å². The van der Waals surface area contributed by atoms with E-state index in [0.29, 0.717) is 18.3 Å². The van der Waals surface area contributed by atoms with Crippen molar-refractivity contribution >= 4 is 27.5 Å². The highest BCUT2D eigenvalue weighted by molar-refractivity contribution is 9.10. The van der Waals surface area contributed by atoms with Crippen molar-refractivity contribution in [1.82, 2.24) is 15.0 Å². The lowest BCUT2D eigenvalue weighted by Crippen LogP contribution is -2.37. The zero-order chi connectivity index (χ0) is 20.2. The zero-order valence-corrected chi connectivity index (χ0v) is 17.9. The van der Waals surface area contributed by atoms with Crippen LogP contribution in [0.25, 0.3) is 11.4 Å². The Bertz CT molecular complexity index is 978. The summed E-state index contributed by atoms with van der Waals surface area (Å²) in [7, 11) is 0. The first-order valence-corrected chi connectivity index (χ1v) is 10.5. The highest BCUT2D eigenvalue weighted by atomic mass is 79.9. The SMILES string of the molecule is Cc1cccc(-c2noc(CN3CCC(C(=O)Nc4ccc(Br)cc4)CC3)n2)c1. The number of benzene rings is 2. The zero-order valence-electron chi connectivity index (χ0n) is 16.3. The number of piperidine rings is 1. The molecule has 0 unspecified atom stereocenters. The quantitative estimate of drug-likeness (QED) is 0.606. The molecule has 3 aromatic rings. The van der Waals surface area contributed by atoms with E-state index >= 15 is 0 Å². The van der Waals surface area contributed by atoms with E-state index in [1.54, 1.807) is 0 Å². The average Bonchev–Trinajstić information content (AvgIpc) is 3.19. The lowest BCUT2D eigenvalue weighted by atomic mass is 9.96. The lowest BCUT2D eigenvalue weighted by molar-refractivity contribution is -0.121. The van der Waals surface area contributed by atoms with E-state index in [1.807, 2.05) is 55.5 Å². The Morgan fingerprint density at radius 2 is 1.97 bits per heavy atom. The van der Waals surface area contributed by atoms with Gasteiger partial charge >= 0.3 is 0 Å². The number of carbonyl (C=O) groups excluding carboxylic acids is 1. The highest BCUT2D eigenvalue weighted by Crippen LogP contribution is 2.23. The van der Waals surface area contributed by atoms with Crippen LogP contribution in [0.2, 0.25) is 0 Å². The molecule has 1 aliphatic rings. The van der Waals surface area contributed by atoms with Crippen LogP contribution in [0.5, 0.6) is 0 Å². The summed E-state index contributed by atoms with van der Waals surface area (Å²) < 4.78 is 6.43. The summed E-state index contributed by atoms with van der Waals surface area (Å²) in [5, 5.41) is 7.12. The Labute approximate surface area is 178 Å². The Morgan fingerprint density at radius 3 is 2.69 bits per heavy atom. The number of aryl methyl sites for hydroxylation is 1. The van der Waals surface area contributed by atoms with Gasteiger partial charge in [-0.15, -0.1) is 0 Å². The van der Waals surface area contributed by atoms with Gasteiger partial charge in [-0.2, -0.15) is 4.98 Å². The van der Waals surface area contributed by atoms with Gasteiger partial charge in [-0.05, 0) is 63.2 Å². The molecule has 0 bridgehead atoms. The van der Waals surface area contributed by atoms with Crippen molar-refractivity contribution in [3.05, 3.63) is 64.5 Å². The Balaban J connectivity index is 1.29. The van der Waals surface area contributed by atoms with Crippen LogP contribution >= 0.6 is 15.9 Å². The summed E-state index contributed by atoms with van der Waals surface area (Å²) in [6.45, 7) is 4.32. The first-order valence-electron chi connectivity index (χ1n) is 9.75. The highest BCUT2D eigenvalue weighted by Gasteiger charge is 2.26. The molecule has 0 aliphatic carbocycles. The summed E-state index contributed by atoms with van der Waals surface area (Å²) in [5.41, 5.74) is 2.95. The second kappa shape index (κ2) is 8.88. The summed E-state index contributed by atoms with van der Waals surface area (Å²) in [5.74, 6) is 1.35. The van der Waals surface area contributed by atoms with Crippen LogP contribution < -0.4 is 5.32 Å². The van der Waals surface area contributed by atoms with Gasteiger partial charge in [0.05, 0.1) is 6.54 Å². The molecule has 1 N–H and O–H groups in total. The van der Waals surface area contributed by atoms with E-state index in [9.17, 15) is 4.79 Å². The largest absolute Gasteiger partial charge is 0.338 e. The first-order chi connectivity index (χ1) is 14.1. The number of hydrogen-bond donors (Lipinski definition) is 1. The van der Waals surface area contributed by atoms with Gasteiger partial charge in [0.1, 0.15) is 0 Å². The number of amides is 1. The fourth-order valence-corrected chi connectivity index (χ4v) is 3.81. The van der Waals surface area contributed by atoms with Gasteiger partial charge < -0.3 is 9.84 Å². The number of likely N-dealkylation sites (tertiary alicyclic amines) is 1. The Morgan fingerprint density at radius 1 is 1.21 bits per heavy atom. The Hall–Kier alpha value is -2.51. The van der Waals surface area contributed by atoms with Crippen LogP contribution in [0.1, 0.15) is 24.3 Å². The molecule has 1 aromatic heterocycles. The van der Waals surface area contributed by atoms with E-state index in [1.165, 1.54) is 0 Å². The van der Waals surface area contributed by atoms with Crippen LogP contribution in [0.3, 0.4) is 0 Å². The summed E-state index contributed by atoms with van der Waals surface area (Å²) in [6, 6.07) is 15.7. The smallest absolute Gasteiger partial charge is 0.241 e. The maximum Gasteiger partial charge on any atom is 0.241 e. The number of aromatic nitrogens is 2. The van der Waals surface area contributed by atoms with E-state index in [2.05, 4.69) is 36.3 Å². The number of rotatable bonds is 5. The van der Waals surface area contributed by atoms with Crippen molar-refractivity contribution in [1.29, 1.82) is 0 Å². The van der Waals surface area contributed by atoms with Crippen molar-refractivity contribution in [3.8, 4) is 11.4 Å². The van der Waals surface area contributed by atoms with Crippen LogP contribution in [-0.2, 0) is 11.3 Å². The normalized spacial score (nSPS) is 15.4. The third kappa shape index (κ3) is 5.10. The molecule has 0 saturated carbocycles. The van der Waals surface area contributed by atoms with E-state index in [4.69, 9.17) is 4.52 Å². The van der Waals surface area contributed by atoms with Gasteiger partial charge in [0, 0.05) is 21.6 Å². The molecule has 1 saturated heterocycles. The molecule has 150 valence electrons. The maximum atomic E-state index is 12.5. The minimum absolute atomic E-state index is 0.0282. The molecule has 1 aliphatic heterocycles. The van der Waals surface area contributed by atoms with Gasteiger partial charge in [-0.1, -0.05) is 44.8 Å². The molecule has 2 heterocycles. The number of carbonyl (C=O) groups is 1. The Kier molecular flexibility index (Phi) is 6.06. The van der Waals surface area contributed by atoms with Crippen LogP contribution in [0.15, 0.2) is 57.5 Å². The third-order valence-corrected chi connectivity index (χ3v) is 5.70. The standard InChI is InChI=1S/C22H23BrN4O2/c1-15-3-2-4-17(13-15)21-25-20(29-26-21)14-27-11-9-16(10-12-27)22(28)24-19-7-5-18(23)6-8-19/h2-8,13,16H,9-12,14H2,1H3,(H,24,28). The van der Waals surface area contributed by atoms with Crippen molar-refractivity contribution in [2.75, 3.05) is 18.4 Å².